The van der Waals surface area contributed by atoms with Gasteiger partial charge in [0.25, 0.3) is 0 Å². The number of amides is 1. The number of nitrogens with one attached hydrogen (secondary N) is 3. The maximum absolute atomic E-state index is 13.0. The Morgan fingerprint density at radius 2 is 2.19 bits per heavy atom. The molecule has 0 bridgehead atoms. The largest absolute Gasteiger partial charge is 0.351 e. The molecule has 2 aliphatic heterocycles. The molecule has 1 aromatic carbocycles. The summed E-state index contributed by atoms with van der Waals surface area (Å²) in [6.07, 6.45) is 7.10. The van der Waals surface area contributed by atoms with E-state index in [9.17, 15) is 4.79 Å². The summed E-state index contributed by atoms with van der Waals surface area (Å²) in [5.41, 5.74) is 17.6. The number of nitrogens with two attached hydrogens (primary N) is 1. The summed E-state index contributed by atoms with van der Waals surface area (Å²) >= 11 is 0. The molecule has 1 unspecified atom stereocenters. The Morgan fingerprint density at radius 1 is 1.35 bits per heavy atom. The van der Waals surface area contributed by atoms with Crippen molar-refractivity contribution < 1.29 is 4.79 Å². The average molecular weight is 349 g/mol. The minimum atomic E-state index is -0.193. The third kappa shape index (κ3) is 3.15. The quantitative estimate of drug-likeness (QED) is 0.637. The average Bonchev–Trinajstić information content (AvgIpc) is 2.90. The zero-order valence-electron chi connectivity index (χ0n) is 14.5. The molecule has 26 heavy (non-hydrogen) atoms. The summed E-state index contributed by atoms with van der Waals surface area (Å²) in [4.78, 5) is 17.4. The van der Waals surface area contributed by atoms with Crippen LogP contribution in [0.5, 0.6) is 0 Å². The molecule has 0 radical (unpaired) electrons. The fraction of sp³-hybridized carbons (Fsp3) is 0.300. The van der Waals surface area contributed by atoms with Crippen LogP contribution in [0.1, 0.15) is 12.0 Å². The Labute approximate surface area is 152 Å². The van der Waals surface area contributed by atoms with Crippen LogP contribution in [-0.2, 0) is 11.2 Å². The number of rotatable bonds is 5. The molecule has 1 aromatic rings. The molecule has 6 nitrogen and oxygen atoms in total. The number of aliphatic imine (C=N–C) groups is 1. The van der Waals surface area contributed by atoms with E-state index in [1.54, 1.807) is 6.21 Å². The van der Waals surface area contributed by atoms with Crippen molar-refractivity contribution in [1.82, 2.24) is 16.2 Å². The van der Waals surface area contributed by atoms with Crippen molar-refractivity contribution in [1.29, 1.82) is 0 Å². The van der Waals surface area contributed by atoms with Gasteiger partial charge >= 0.3 is 0 Å². The van der Waals surface area contributed by atoms with Gasteiger partial charge in [-0.15, -0.1) is 0 Å². The molecule has 0 aromatic heterocycles. The van der Waals surface area contributed by atoms with Crippen molar-refractivity contribution in [3.63, 3.8) is 0 Å². The zero-order chi connectivity index (χ0) is 17.9. The molecule has 5 N–H and O–H groups in total. The molecule has 0 spiro atoms. The van der Waals surface area contributed by atoms with Crippen molar-refractivity contribution in [3.8, 4) is 0 Å². The van der Waals surface area contributed by atoms with Gasteiger partial charge in [-0.25, -0.2) is 0 Å². The second-order valence-electron chi connectivity index (χ2n) is 6.80. The van der Waals surface area contributed by atoms with Crippen LogP contribution < -0.4 is 21.9 Å². The highest BCUT2D eigenvalue weighted by Gasteiger charge is 2.37. The van der Waals surface area contributed by atoms with Crippen LogP contribution in [0.25, 0.3) is 0 Å². The van der Waals surface area contributed by atoms with Crippen LogP contribution >= 0.6 is 0 Å². The van der Waals surface area contributed by atoms with Gasteiger partial charge in [0, 0.05) is 30.6 Å². The fourth-order valence-corrected chi connectivity index (χ4v) is 3.80. The molecule has 2 heterocycles. The van der Waals surface area contributed by atoms with Crippen molar-refractivity contribution >= 4 is 12.1 Å². The Bertz CT molecular complexity index is 822. The van der Waals surface area contributed by atoms with Crippen LogP contribution in [0.3, 0.4) is 0 Å². The normalized spacial score (nSPS) is 21.7. The molecule has 3 aliphatic rings. The minimum absolute atomic E-state index is 0.0330. The SMILES string of the molecule is NC[C@H](Cc1ccccc1)NC(=O)C1CC2=CNNC3=CC=NCC1=C23. The Kier molecular flexibility index (Phi) is 4.58. The van der Waals surface area contributed by atoms with Gasteiger partial charge in [0.1, 0.15) is 0 Å². The monoisotopic (exact) mass is 349 g/mol. The molecule has 1 amide bonds. The lowest BCUT2D eigenvalue weighted by molar-refractivity contribution is -0.124. The van der Waals surface area contributed by atoms with Gasteiger partial charge in [-0.2, -0.15) is 0 Å². The van der Waals surface area contributed by atoms with Crippen LogP contribution in [0.15, 0.2) is 70.0 Å². The lowest BCUT2D eigenvalue weighted by Crippen LogP contribution is -2.44. The predicted molar refractivity (Wildman–Crippen MR) is 102 cm³/mol. The second kappa shape index (κ2) is 7.17. The van der Waals surface area contributed by atoms with Gasteiger partial charge < -0.3 is 21.9 Å². The number of hydrogen-bond acceptors (Lipinski definition) is 5. The topological polar surface area (TPSA) is 91.5 Å². The molecule has 0 saturated carbocycles. The number of hydrazine groups is 1. The van der Waals surface area contributed by atoms with Crippen molar-refractivity contribution in [2.75, 3.05) is 13.1 Å². The highest BCUT2D eigenvalue weighted by molar-refractivity contribution is 5.87. The van der Waals surface area contributed by atoms with E-state index in [2.05, 4.69) is 33.3 Å². The Morgan fingerprint density at radius 3 is 3.00 bits per heavy atom. The van der Waals surface area contributed by atoms with Crippen molar-refractivity contribution in [3.05, 3.63) is 70.6 Å². The van der Waals surface area contributed by atoms with Crippen LogP contribution in [0, 0.1) is 5.92 Å². The molecule has 6 heteroatoms. The van der Waals surface area contributed by atoms with Gasteiger partial charge in [-0.05, 0) is 35.6 Å². The minimum Gasteiger partial charge on any atom is -0.351 e. The van der Waals surface area contributed by atoms with E-state index in [0.717, 1.165) is 28.8 Å². The van der Waals surface area contributed by atoms with Gasteiger partial charge in [-0.1, -0.05) is 30.3 Å². The molecule has 134 valence electrons. The lowest BCUT2D eigenvalue weighted by Gasteiger charge is -2.21. The van der Waals surface area contributed by atoms with Gasteiger partial charge in [0.05, 0.1) is 18.2 Å². The maximum Gasteiger partial charge on any atom is 0.227 e. The lowest BCUT2D eigenvalue weighted by atomic mass is 9.98. The van der Waals surface area contributed by atoms with Crippen molar-refractivity contribution in [2.45, 2.75) is 18.9 Å². The first kappa shape index (κ1) is 16.6. The number of nitrogens with zero attached hydrogens (tertiary/aromatic N) is 1. The molecular weight excluding hydrogens is 326 g/mol. The van der Waals surface area contributed by atoms with E-state index >= 15 is 0 Å². The summed E-state index contributed by atoms with van der Waals surface area (Å²) in [6.45, 7) is 0.965. The molecular formula is C20H23N5O. The molecule has 0 saturated heterocycles. The fourth-order valence-electron chi connectivity index (χ4n) is 3.80. The van der Waals surface area contributed by atoms with Crippen LogP contribution in [-0.4, -0.2) is 31.3 Å². The van der Waals surface area contributed by atoms with Gasteiger partial charge in [-0.3, -0.25) is 9.79 Å². The smallest absolute Gasteiger partial charge is 0.227 e. The van der Waals surface area contributed by atoms with E-state index in [1.807, 2.05) is 30.5 Å². The Hall–Kier alpha value is -2.86. The van der Waals surface area contributed by atoms with E-state index in [0.29, 0.717) is 19.5 Å². The first-order chi connectivity index (χ1) is 12.8. The van der Waals surface area contributed by atoms with E-state index in [1.165, 1.54) is 5.56 Å². The van der Waals surface area contributed by atoms with Crippen molar-refractivity contribution in [2.24, 2.45) is 16.6 Å². The summed E-state index contributed by atoms with van der Waals surface area (Å²) in [7, 11) is 0. The molecule has 1 aliphatic carbocycles. The van der Waals surface area contributed by atoms with E-state index in [4.69, 9.17) is 5.73 Å². The Balaban J connectivity index is 1.51. The number of hydrogen-bond donors (Lipinski definition) is 4. The number of benzene rings is 1. The summed E-state index contributed by atoms with van der Waals surface area (Å²) in [5.74, 6) is -0.160. The predicted octanol–water partition coefficient (Wildman–Crippen LogP) is 0.949. The molecule has 4 rings (SSSR count). The third-order valence-corrected chi connectivity index (χ3v) is 5.09. The van der Waals surface area contributed by atoms with Crippen LogP contribution in [0.4, 0.5) is 0 Å². The molecule has 0 fully saturated rings. The number of carbonyl (C=O) groups is 1. The first-order valence-corrected chi connectivity index (χ1v) is 8.95. The summed E-state index contributed by atoms with van der Waals surface area (Å²) in [6, 6.07) is 10.0. The van der Waals surface area contributed by atoms with Gasteiger partial charge in [0.2, 0.25) is 5.91 Å². The first-order valence-electron chi connectivity index (χ1n) is 8.95. The number of allylic oxidation sites excluding steroid dienone is 2. The zero-order valence-corrected chi connectivity index (χ0v) is 14.5. The highest BCUT2D eigenvalue weighted by atomic mass is 16.2. The highest BCUT2D eigenvalue weighted by Crippen LogP contribution is 2.41. The molecule has 2 atom stereocenters. The number of carbonyl (C=O) groups excluding carboxylic acids is 1. The van der Waals surface area contributed by atoms with E-state index < -0.39 is 0 Å². The third-order valence-electron chi connectivity index (χ3n) is 5.09. The van der Waals surface area contributed by atoms with Gasteiger partial charge in [0.15, 0.2) is 0 Å². The second-order valence-corrected chi connectivity index (χ2v) is 6.80. The van der Waals surface area contributed by atoms with E-state index in [-0.39, 0.29) is 17.9 Å². The van der Waals surface area contributed by atoms with Crippen LogP contribution in [0.2, 0.25) is 0 Å². The maximum atomic E-state index is 13.0. The summed E-state index contributed by atoms with van der Waals surface area (Å²) in [5, 5.41) is 3.15. The summed E-state index contributed by atoms with van der Waals surface area (Å²) < 4.78 is 0. The standard InChI is InChI=1S/C20H23N5O/c21-10-15(8-13-4-2-1-3-5-13)24-20(26)16-9-14-11-23-25-18-6-7-22-12-17(16)19(14)18/h1-7,11,15-16,23,25H,8-10,12,21H2,(H,24,26)/t15-,16?/m0/s1.